The Hall–Kier alpha value is -3.44. The Labute approximate surface area is 226 Å². The number of para-hydroxylation sites is 1. The van der Waals surface area contributed by atoms with Crippen LogP contribution in [0.15, 0.2) is 61.7 Å². The minimum Gasteiger partial charge on any atom is -0.493 e. The summed E-state index contributed by atoms with van der Waals surface area (Å²) in [5, 5.41) is 6.16. The molecule has 0 radical (unpaired) electrons. The number of nitrogens with zero attached hydrogens (tertiary/aromatic N) is 3. The summed E-state index contributed by atoms with van der Waals surface area (Å²) in [6.45, 7) is 7.33. The van der Waals surface area contributed by atoms with Crippen LogP contribution in [-0.4, -0.2) is 41.1 Å². The molecule has 1 aliphatic rings. The normalized spacial score (nSPS) is 16.6. The summed E-state index contributed by atoms with van der Waals surface area (Å²) in [4.78, 5) is 12.6. The minimum atomic E-state index is -4.81. The van der Waals surface area contributed by atoms with Gasteiger partial charge in [-0.2, -0.15) is 13.2 Å². The maximum atomic E-state index is 14.1. The van der Waals surface area contributed by atoms with E-state index >= 15 is 0 Å². The summed E-state index contributed by atoms with van der Waals surface area (Å²) < 4.78 is 59.8. The molecule has 200 valence electrons. The van der Waals surface area contributed by atoms with Crippen molar-refractivity contribution in [1.29, 1.82) is 0 Å². The van der Waals surface area contributed by atoms with Crippen LogP contribution in [0.25, 0.3) is 5.69 Å². The lowest BCUT2D eigenvalue weighted by atomic mass is 10.0. The van der Waals surface area contributed by atoms with Crippen molar-refractivity contribution in [2.45, 2.75) is 23.1 Å². The number of hydrogen-bond donors (Lipinski definition) is 0. The number of alkyl halides is 3. The Morgan fingerprint density at radius 1 is 1.16 bits per heavy atom. The molecule has 3 aromatic rings. The van der Waals surface area contributed by atoms with E-state index < -0.39 is 28.5 Å². The fraction of sp³-hybridized carbons (Fsp3) is 0.269. The Bertz CT molecular complexity index is 1360. The van der Waals surface area contributed by atoms with Gasteiger partial charge in [0.05, 0.1) is 29.7 Å². The van der Waals surface area contributed by atoms with Crippen LogP contribution < -0.4 is 9.47 Å². The fourth-order valence-electron chi connectivity index (χ4n) is 4.10. The topological polar surface area (TPSA) is 75.5 Å². The lowest BCUT2D eigenvalue weighted by Crippen LogP contribution is -2.17. The Balaban J connectivity index is 1.97. The van der Waals surface area contributed by atoms with Gasteiger partial charge in [-0.05, 0) is 29.8 Å². The van der Waals surface area contributed by atoms with Crippen LogP contribution in [0.5, 0.6) is 11.5 Å². The molecule has 4 rings (SSSR count). The van der Waals surface area contributed by atoms with Crippen molar-refractivity contribution in [3.8, 4) is 17.2 Å². The predicted octanol–water partition coefficient (Wildman–Crippen LogP) is 6.51. The van der Waals surface area contributed by atoms with E-state index in [1.807, 2.05) is 0 Å². The first kappa shape index (κ1) is 27.6. The van der Waals surface area contributed by atoms with Crippen LogP contribution in [0.3, 0.4) is 0 Å². The molecule has 2 aromatic carbocycles. The van der Waals surface area contributed by atoms with E-state index in [0.717, 1.165) is 4.57 Å². The van der Waals surface area contributed by atoms with Crippen molar-refractivity contribution in [3.05, 3.63) is 89.5 Å². The highest BCUT2D eigenvalue weighted by Gasteiger charge is 2.43. The first-order valence-corrected chi connectivity index (χ1v) is 12.7. The molecule has 0 fully saturated rings. The summed E-state index contributed by atoms with van der Waals surface area (Å²) in [5.41, 5.74) is 1.24. The number of rotatable bonds is 9. The SMILES string of the molecule is C=CCOC(=O)C[C@H]1S[C@H](c2cccc(OC)c2OCC=C)c2cc(Cl)ccc2-n2c1nnc2C(F)(F)F. The number of carbonyl (C=O) groups is 1. The van der Waals surface area contributed by atoms with Gasteiger partial charge in [-0.3, -0.25) is 9.36 Å². The number of benzene rings is 2. The van der Waals surface area contributed by atoms with Crippen LogP contribution in [0.2, 0.25) is 5.02 Å². The van der Waals surface area contributed by atoms with Crippen molar-refractivity contribution in [2.24, 2.45) is 0 Å². The molecule has 0 N–H and O–H groups in total. The molecule has 0 spiro atoms. The molecule has 38 heavy (non-hydrogen) atoms. The first-order chi connectivity index (χ1) is 18.2. The molecule has 7 nitrogen and oxygen atoms in total. The van der Waals surface area contributed by atoms with Crippen LogP contribution in [-0.2, 0) is 15.7 Å². The number of fused-ring (bicyclic) bond motifs is 3. The number of aromatic nitrogens is 3. The highest BCUT2D eigenvalue weighted by atomic mass is 35.5. The van der Waals surface area contributed by atoms with Gasteiger partial charge in [0, 0.05) is 10.6 Å². The zero-order valence-electron chi connectivity index (χ0n) is 20.2. The number of ether oxygens (including phenoxy) is 3. The van der Waals surface area contributed by atoms with Crippen molar-refractivity contribution in [1.82, 2.24) is 14.8 Å². The van der Waals surface area contributed by atoms with Crippen molar-refractivity contribution in [2.75, 3.05) is 20.3 Å². The lowest BCUT2D eigenvalue weighted by Gasteiger charge is -2.24. The van der Waals surface area contributed by atoms with Gasteiger partial charge in [0.2, 0.25) is 5.82 Å². The zero-order chi connectivity index (χ0) is 27.4. The standard InChI is InChI=1S/C26H23ClF3N3O4S/c1-4-11-36-21(34)14-20-24-31-32-25(26(28,29)30)33(24)18-10-9-15(27)13-17(18)23(38-20)16-7-6-8-19(35-3)22(16)37-12-5-2/h4-10,13,20,23H,1-2,11-12,14H2,3H3/t20-,23-/m1/s1. The summed E-state index contributed by atoms with van der Waals surface area (Å²) in [5.74, 6) is -1.06. The summed E-state index contributed by atoms with van der Waals surface area (Å²) in [6, 6.07) is 9.81. The van der Waals surface area contributed by atoms with Crippen molar-refractivity contribution < 1.29 is 32.2 Å². The van der Waals surface area contributed by atoms with Crippen molar-refractivity contribution >= 4 is 29.3 Å². The summed E-state index contributed by atoms with van der Waals surface area (Å²) in [6.07, 6.45) is -2.10. The van der Waals surface area contributed by atoms with Crippen molar-refractivity contribution in [3.63, 3.8) is 0 Å². The highest BCUT2D eigenvalue weighted by molar-refractivity contribution is 8.00. The average Bonchev–Trinajstić information content (AvgIpc) is 3.29. The van der Waals surface area contributed by atoms with Gasteiger partial charge in [-0.25, -0.2) is 0 Å². The van der Waals surface area contributed by atoms with E-state index in [1.165, 1.54) is 37.1 Å². The highest BCUT2D eigenvalue weighted by Crippen LogP contribution is 2.54. The first-order valence-electron chi connectivity index (χ1n) is 11.3. The molecule has 12 heteroatoms. The quantitative estimate of drug-likeness (QED) is 0.216. The van der Waals surface area contributed by atoms with E-state index in [0.29, 0.717) is 27.6 Å². The molecule has 0 saturated carbocycles. The monoisotopic (exact) mass is 565 g/mol. The van der Waals surface area contributed by atoms with Crippen LogP contribution in [0.1, 0.15) is 39.7 Å². The minimum absolute atomic E-state index is 0.0363. The Morgan fingerprint density at radius 2 is 1.92 bits per heavy atom. The Morgan fingerprint density at radius 3 is 2.61 bits per heavy atom. The molecular weight excluding hydrogens is 543 g/mol. The number of methoxy groups -OCH3 is 1. The van der Waals surface area contributed by atoms with Gasteiger partial charge in [0.15, 0.2) is 17.3 Å². The second-order valence-electron chi connectivity index (χ2n) is 8.08. The second kappa shape index (κ2) is 11.5. The van der Waals surface area contributed by atoms with E-state index in [-0.39, 0.29) is 31.1 Å². The third kappa shape index (κ3) is 5.53. The largest absolute Gasteiger partial charge is 0.493 e. The molecule has 0 aliphatic carbocycles. The molecule has 1 aliphatic heterocycles. The molecule has 0 saturated heterocycles. The van der Waals surface area contributed by atoms with Gasteiger partial charge < -0.3 is 14.2 Å². The summed E-state index contributed by atoms with van der Waals surface area (Å²) in [7, 11) is 1.49. The van der Waals surface area contributed by atoms with Gasteiger partial charge in [0.1, 0.15) is 13.2 Å². The molecule has 2 atom stereocenters. The molecule has 0 amide bonds. The molecule has 2 heterocycles. The number of halogens is 4. The average molecular weight is 566 g/mol. The maximum Gasteiger partial charge on any atom is 0.452 e. The summed E-state index contributed by atoms with van der Waals surface area (Å²) >= 11 is 7.56. The van der Waals surface area contributed by atoms with E-state index in [9.17, 15) is 18.0 Å². The zero-order valence-corrected chi connectivity index (χ0v) is 21.8. The third-order valence-corrected chi connectivity index (χ3v) is 7.34. The van der Waals surface area contributed by atoms with Gasteiger partial charge in [-0.1, -0.05) is 49.0 Å². The predicted molar refractivity (Wildman–Crippen MR) is 138 cm³/mol. The fourth-order valence-corrected chi connectivity index (χ4v) is 5.79. The molecule has 0 bridgehead atoms. The van der Waals surface area contributed by atoms with Crippen LogP contribution >= 0.6 is 23.4 Å². The lowest BCUT2D eigenvalue weighted by molar-refractivity contribution is -0.146. The smallest absolute Gasteiger partial charge is 0.452 e. The molecule has 1 aromatic heterocycles. The number of thioether (sulfide) groups is 1. The Kier molecular flexibility index (Phi) is 8.37. The maximum absolute atomic E-state index is 14.1. The number of hydrogen-bond acceptors (Lipinski definition) is 7. The third-order valence-electron chi connectivity index (χ3n) is 5.61. The van der Waals surface area contributed by atoms with E-state index in [2.05, 4.69) is 23.4 Å². The van der Waals surface area contributed by atoms with E-state index in [1.54, 1.807) is 30.3 Å². The number of esters is 1. The molecule has 0 unspecified atom stereocenters. The number of carbonyl (C=O) groups excluding carboxylic acids is 1. The van der Waals surface area contributed by atoms with Crippen LogP contribution in [0, 0.1) is 0 Å². The van der Waals surface area contributed by atoms with Gasteiger partial charge >= 0.3 is 12.1 Å². The van der Waals surface area contributed by atoms with Gasteiger partial charge in [0.25, 0.3) is 0 Å². The molecular formula is C26H23ClF3N3O4S. The van der Waals surface area contributed by atoms with Gasteiger partial charge in [-0.15, -0.1) is 22.0 Å². The van der Waals surface area contributed by atoms with Crippen LogP contribution in [0.4, 0.5) is 13.2 Å². The second-order valence-corrected chi connectivity index (χ2v) is 9.83. The van der Waals surface area contributed by atoms with E-state index in [4.69, 9.17) is 25.8 Å².